The molecule has 2 aromatic carbocycles. The number of piperazine rings is 1. The number of likely N-dealkylation sites (N-methyl/N-ethyl adjacent to an activating group) is 1. The summed E-state index contributed by atoms with van der Waals surface area (Å²) in [7, 11) is 2.18. The number of nitrogens with one attached hydrogen (secondary N) is 1. The molecule has 1 aliphatic rings. The molecule has 4 rings (SSSR count). The quantitative estimate of drug-likeness (QED) is 0.616. The predicted molar refractivity (Wildman–Crippen MR) is 126 cm³/mol. The molecule has 2 heterocycles. The number of hydrogen-bond donors (Lipinski definition) is 1. The van der Waals surface area contributed by atoms with Crippen LogP contribution >= 0.6 is 11.3 Å². The SMILES string of the molecule is Cc1nc(Cc2ccccc2)sc1C(=O)NCc1cccc(CN2CCN(C)CC2)c1. The zero-order valence-electron chi connectivity index (χ0n) is 18.3. The summed E-state index contributed by atoms with van der Waals surface area (Å²) in [6.07, 6.45) is 0.758. The van der Waals surface area contributed by atoms with Gasteiger partial charge in [-0.05, 0) is 30.7 Å². The van der Waals surface area contributed by atoms with Gasteiger partial charge in [-0.3, -0.25) is 9.69 Å². The van der Waals surface area contributed by atoms with Crippen molar-refractivity contribution >= 4 is 17.2 Å². The van der Waals surface area contributed by atoms with Gasteiger partial charge in [0.1, 0.15) is 4.88 Å². The molecule has 1 fully saturated rings. The molecule has 0 aliphatic carbocycles. The minimum absolute atomic E-state index is 0.0428. The van der Waals surface area contributed by atoms with E-state index in [0.29, 0.717) is 11.4 Å². The molecule has 1 amide bonds. The molecule has 0 bridgehead atoms. The minimum Gasteiger partial charge on any atom is -0.347 e. The normalized spacial score (nSPS) is 15.2. The van der Waals surface area contributed by atoms with Crippen molar-refractivity contribution in [1.82, 2.24) is 20.1 Å². The average molecular weight is 435 g/mol. The number of nitrogens with zero attached hydrogens (tertiary/aromatic N) is 3. The second-order valence-corrected chi connectivity index (χ2v) is 9.35. The van der Waals surface area contributed by atoms with Crippen molar-refractivity contribution in [3.05, 3.63) is 86.9 Å². The van der Waals surface area contributed by atoms with E-state index in [-0.39, 0.29) is 5.91 Å². The largest absolute Gasteiger partial charge is 0.347 e. The van der Waals surface area contributed by atoms with E-state index in [0.717, 1.165) is 55.4 Å². The molecule has 0 radical (unpaired) electrons. The lowest BCUT2D eigenvalue weighted by Crippen LogP contribution is -2.43. The Hall–Kier alpha value is -2.54. The van der Waals surface area contributed by atoms with Gasteiger partial charge in [-0.15, -0.1) is 11.3 Å². The lowest BCUT2D eigenvalue weighted by atomic mass is 10.1. The number of rotatable bonds is 7. The zero-order valence-corrected chi connectivity index (χ0v) is 19.1. The summed E-state index contributed by atoms with van der Waals surface area (Å²) in [6.45, 7) is 7.86. The van der Waals surface area contributed by atoms with Gasteiger partial charge >= 0.3 is 0 Å². The van der Waals surface area contributed by atoms with Crippen molar-refractivity contribution in [3.8, 4) is 0 Å². The highest BCUT2D eigenvalue weighted by molar-refractivity contribution is 7.13. The summed E-state index contributed by atoms with van der Waals surface area (Å²) < 4.78 is 0. The lowest BCUT2D eigenvalue weighted by molar-refractivity contribution is 0.0954. The minimum atomic E-state index is -0.0428. The molecule has 1 aliphatic heterocycles. The van der Waals surface area contributed by atoms with Crippen LogP contribution in [-0.2, 0) is 19.5 Å². The molecule has 0 atom stereocenters. The summed E-state index contributed by atoms with van der Waals surface area (Å²) in [5.41, 5.74) is 4.44. The summed E-state index contributed by atoms with van der Waals surface area (Å²) in [5.74, 6) is -0.0428. The van der Waals surface area contributed by atoms with Crippen molar-refractivity contribution in [2.75, 3.05) is 33.2 Å². The van der Waals surface area contributed by atoms with Crippen molar-refractivity contribution < 1.29 is 4.79 Å². The molecule has 5 nitrogen and oxygen atoms in total. The summed E-state index contributed by atoms with van der Waals surface area (Å²) >= 11 is 1.49. The molecule has 31 heavy (non-hydrogen) atoms. The second kappa shape index (κ2) is 10.2. The first-order valence-corrected chi connectivity index (χ1v) is 11.7. The van der Waals surface area contributed by atoms with Crippen LogP contribution in [-0.4, -0.2) is 53.9 Å². The molecule has 0 saturated carbocycles. The van der Waals surface area contributed by atoms with Crippen LogP contribution in [0.5, 0.6) is 0 Å². The maximum Gasteiger partial charge on any atom is 0.263 e. The topological polar surface area (TPSA) is 48.5 Å². The van der Waals surface area contributed by atoms with E-state index in [4.69, 9.17) is 0 Å². The third-order valence-electron chi connectivity index (χ3n) is 5.69. The number of thiazole rings is 1. The smallest absolute Gasteiger partial charge is 0.263 e. The standard InChI is InChI=1S/C25H30N4OS/c1-19-24(31-23(27-19)16-20-7-4-3-5-8-20)25(30)26-17-21-9-6-10-22(15-21)18-29-13-11-28(2)12-14-29/h3-10,15H,11-14,16-18H2,1-2H3,(H,26,30). The molecule has 162 valence electrons. The predicted octanol–water partition coefficient (Wildman–Crippen LogP) is 3.72. The molecule has 3 aromatic rings. The van der Waals surface area contributed by atoms with Crippen LogP contribution in [0.4, 0.5) is 0 Å². The van der Waals surface area contributed by atoms with Gasteiger partial charge in [0.05, 0.1) is 10.7 Å². The van der Waals surface area contributed by atoms with E-state index in [9.17, 15) is 4.79 Å². The van der Waals surface area contributed by atoms with E-state index in [1.807, 2.05) is 25.1 Å². The van der Waals surface area contributed by atoms with Gasteiger partial charge in [0.15, 0.2) is 0 Å². The summed E-state index contributed by atoms with van der Waals surface area (Å²) in [4.78, 5) is 23.0. The first-order chi connectivity index (χ1) is 15.1. The Bertz CT molecular complexity index is 1010. The lowest BCUT2D eigenvalue weighted by Gasteiger charge is -2.32. The van der Waals surface area contributed by atoms with Crippen LogP contribution in [0, 0.1) is 6.92 Å². The Morgan fingerprint density at radius 2 is 1.71 bits per heavy atom. The molecule has 6 heteroatoms. The van der Waals surface area contributed by atoms with Gasteiger partial charge in [-0.1, -0.05) is 54.6 Å². The van der Waals surface area contributed by atoms with Crippen molar-refractivity contribution in [1.29, 1.82) is 0 Å². The maximum absolute atomic E-state index is 12.8. The number of carbonyl (C=O) groups excluding carboxylic acids is 1. The van der Waals surface area contributed by atoms with Crippen LogP contribution in [0.3, 0.4) is 0 Å². The number of carbonyl (C=O) groups is 1. The molecule has 1 aromatic heterocycles. The Kier molecular flexibility index (Phi) is 7.12. The van der Waals surface area contributed by atoms with Crippen LogP contribution in [0.2, 0.25) is 0 Å². The molecule has 1 saturated heterocycles. The summed E-state index contributed by atoms with van der Waals surface area (Å²) in [5, 5.41) is 4.06. The van der Waals surface area contributed by atoms with Gasteiger partial charge in [0.2, 0.25) is 0 Å². The van der Waals surface area contributed by atoms with Gasteiger partial charge in [-0.25, -0.2) is 4.98 Å². The maximum atomic E-state index is 12.8. The van der Waals surface area contributed by atoms with Crippen LogP contribution < -0.4 is 5.32 Å². The fourth-order valence-electron chi connectivity index (χ4n) is 3.87. The fraction of sp³-hybridized carbons (Fsp3) is 0.360. The van der Waals surface area contributed by atoms with Gasteiger partial charge in [-0.2, -0.15) is 0 Å². The highest BCUT2D eigenvalue weighted by Gasteiger charge is 2.16. The van der Waals surface area contributed by atoms with Crippen molar-refractivity contribution in [2.45, 2.75) is 26.4 Å². The number of aromatic nitrogens is 1. The first-order valence-electron chi connectivity index (χ1n) is 10.8. The molecule has 0 unspecified atom stereocenters. The number of amides is 1. The molecule has 1 N–H and O–H groups in total. The number of hydrogen-bond acceptors (Lipinski definition) is 5. The van der Waals surface area contributed by atoms with Gasteiger partial charge in [0.25, 0.3) is 5.91 Å². The molecular weight excluding hydrogens is 404 g/mol. The van der Waals surface area contributed by atoms with Crippen molar-refractivity contribution in [3.63, 3.8) is 0 Å². The first kappa shape index (κ1) is 21.7. The Balaban J connectivity index is 1.33. The highest BCUT2D eigenvalue weighted by Crippen LogP contribution is 2.21. The third-order valence-corrected chi connectivity index (χ3v) is 6.85. The van der Waals surface area contributed by atoms with Gasteiger partial charge in [0, 0.05) is 45.7 Å². The monoisotopic (exact) mass is 434 g/mol. The van der Waals surface area contributed by atoms with E-state index in [1.54, 1.807) is 0 Å². The molecule has 0 spiro atoms. The molecular formula is C25H30N4OS. The number of benzene rings is 2. The Morgan fingerprint density at radius 3 is 2.48 bits per heavy atom. The van der Waals surface area contributed by atoms with Crippen LogP contribution in [0.25, 0.3) is 0 Å². The average Bonchev–Trinajstić information content (AvgIpc) is 3.14. The van der Waals surface area contributed by atoms with E-state index < -0.39 is 0 Å². The van der Waals surface area contributed by atoms with Crippen molar-refractivity contribution in [2.24, 2.45) is 0 Å². The third kappa shape index (κ3) is 6.00. The fourth-order valence-corrected chi connectivity index (χ4v) is 4.89. The van der Waals surface area contributed by atoms with Gasteiger partial charge < -0.3 is 10.2 Å². The second-order valence-electron chi connectivity index (χ2n) is 8.27. The zero-order chi connectivity index (χ0) is 21.6. The van der Waals surface area contributed by atoms with E-state index in [2.05, 4.69) is 63.5 Å². The van der Waals surface area contributed by atoms with E-state index >= 15 is 0 Å². The van der Waals surface area contributed by atoms with Crippen LogP contribution in [0.15, 0.2) is 54.6 Å². The Morgan fingerprint density at radius 1 is 1.00 bits per heavy atom. The van der Waals surface area contributed by atoms with Crippen LogP contribution in [0.1, 0.15) is 37.1 Å². The highest BCUT2D eigenvalue weighted by atomic mass is 32.1. The van der Waals surface area contributed by atoms with E-state index in [1.165, 1.54) is 22.5 Å². The number of aryl methyl sites for hydroxylation is 1. The Labute approximate surface area is 188 Å². The summed E-state index contributed by atoms with van der Waals surface area (Å²) in [6, 6.07) is 18.8.